The number of halogens is 1. The van der Waals surface area contributed by atoms with Gasteiger partial charge in [-0.05, 0) is 38.1 Å². The zero-order chi connectivity index (χ0) is 20.4. The number of nitrogens with one attached hydrogen (secondary N) is 1. The molecule has 0 saturated heterocycles. The molecule has 0 unspecified atom stereocenters. The third-order valence-corrected chi connectivity index (χ3v) is 4.21. The van der Waals surface area contributed by atoms with E-state index in [-0.39, 0.29) is 29.8 Å². The van der Waals surface area contributed by atoms with Crippen molar-refractivity contribution in [3.05, 3.63) is 47.4 Å². The Kier molecular flexibility index (Phi) is 6.03. The fraction of sp³-hybridized carbons (Fsp3) is 0.450. The minimum atomic E-state index is -0.411. The van der Waals surface area contributed by atoms with Crippen molar-refractivity contribution in [2.75, 3.05) is 11.9 Å². The third kappa shape index (κ3) is 5.15. The Hall–Kier alpha value is -2.70. The van der Waals surface area contributed by atoms with E-state index in [2.05, 4.69) is 10.4 Å². The molecule has 0 bridgehead atoms. The molecule has 0 radical (unpaired) electrons. The molecular weight excluding hydrogens is 347 g/mol. The quantitative estimate of drug-likeness (QED) is 0.873. The van der Waals surface area contributed by atoms with Crippen LogP contribution in [-0.2, 0) is 17.3 Å². The van der Waals surface area contributed by atoms with E-state index < -0.39 is 5.82 Å². The molecule has 0 atom stereocenters. The molecule has 0 aliphatic carbocycles. The topological polar surface area (TPSA) is 67.2 Å². The van der Waals surface area contributed by atoms with Gasteiger partial charge in [0.25, 0.3) is 5.91 Å². The van der Waals surface area contributed by atoms with Crippen molar-refractivity contribution in [3.8, 4) is 0 Å². The number of hydrogen-bond acceptors (Lipinski definition) is 3. The smallest absolute Gasteiger partial charge is 0.254 e. The lowest BCUT2D eigenvalue weighted by atomic mass is 9.92. The van der Waals surface area contributed by atoms with E-state index in [0.717, 1.165) is 5.69 Å². The van der Waals surface area contributed by atoms with Crippen LogP contribution in [0.4, 0.5) is 10.2 Å². The summed E-state index contributed by atoms with van der Waals surface area (Å²) in [6.07, 6.45) is 0. The van der Waals surface area contributed by atoms with Crippen LogP contribution in [0.3, 0.4) is 0 Å². The van der Waals surface area contributed by atoms with Crippen LogP contribution in [0.25, 0.3) is 0 Å². The summed E-state index contributed by atoms with van der Waals surface area (Å²) in [5.41, 5.74) is 1.07. The highest BCUT2D eigenvalue weighted by Crippen LogP contribution is 2.23. The molecule has 1 aromatic carbocycles. The van der Waals surface area contributed by atoms with Gasteiger partial charge in [0, 0.05) is 30.1 Å². The number of aryl methyl sites for hydroxylation is 1. The van der Waals surface area contributed by atoms with Gasteiger partial charge in [-0.1, -0.05) is 20.8 Å². The van der Waals surface area contributed by atoms with E-state index in [0.29, 0.717) is 11.4 Å². The van der Waals surface area contributed by atoms with Crippen molar-refractivity contribution in [2.24, 2.45) is 7.05 Å². The fourth-order valence-electron chi connectivity index (χ4n) is 2.54. The summed E-state index contributed by atoms with van der Waals surface area (Å²) in [5.74, 6) is -0.475. The fourth-order valence-corrected chi connectivity index (χ4v) is 2.54. The number of carbonyl (C=O) groups is 2. The molecule has 2 amide bonds. The number of nitrogens with zero attached hydrogens (tertiary/aromatic N) is 3. The van der Waals surface area contributed by atoms with Crippen LogP contribution >= 0.6 is 0 Å². The van der Waals surface area contributed by atoms with E-state index in [1.54, 1.807) is 11.7 Å². The Bertz CT molecular complexity index is 819. The van der Waals surface area contributed by atoms with Gasteiger partial charge in [0.15, 0.2) is 0 Å². The van der Waals surface area contributed by atoms with E-state index >= 15 is 0 Å². The van der Waals surface area contributed by atoms with Crippen molar-refractivity contribution in [1.82, 2.24) is 14.7 Å². The summed E-state index contributed by atoms with van der Waals surface area (Å²) in [4.78, 5) is 26.7. The Morgan fingerprint density at radius 1 is 1.22 bits per heavy atom. The van der Waals surface area contributed by atoms with Crippen molar-refractivity contribution >= 4 is 17.6 Å². The third-order valence-electron chi connectivity index (χ3n) is 4.21. The van der Waals surface area contributed by atoms with Gasteiger partial charge < -0.3 is 10.2 Å². The summed E-state index contributed by atoms with van der Waals surface area (Å²) < 4.78 is 14.7. The highest BCUT2D eigenvalue weighted by Gasteiger charge is 2.23. The van der Waals surface area contributed by atoms with Crippen molar-refractivity contribution in [3.63, 3.8) is 0 Å². The molecule has 1 N–H and O–H groups in total. The van der Waals surface area contributed by atoms with Gasteiger partial charge >= 0.3 is 0 Å². The standard InChI is InChI=1S/C20H27FN4O2/c1-13(2)25(19(27)14-7-9-15(21)10-8-14)12-18(26)22-17-11-16(20(3,4)5)23-24(17)6/h7-11,13H,12H2,1-6H3,(H,22,26). The van der Waals surface area contributed by atoms with Gasteiger partial charge in [0.2, 0.25) is 5.91 Å². The monoisotopic (exact) mass is 374 g/mol. The molecule has 6 nitrogen and oxygen atoms in total. The van der Waals surface area contributed by atoms with Gasteiger partial charge in [-0.2, -0.15) is 5.10 Å². The maximum atomic E-state index is 13.1. The number of amides is 2. The average Bonchev–Trinajstić information content (AvgIpc) is 2.93. The molecule has 0 fully saturated rings. The molecule has 7 heteroatoms. The van der Waals surface area contributed by atoms with Crippen LogP contribution in [-0.4, -0.2) is 39.1 Å². The van der Waals surface area contributed by atoms with Crippen LogP contribution in [0.5, 0.6) is 0 Å². The molecule has 0 saturated carbocycles. The molecule has 0 spiro atoms. The Morgan fingerprint density at radius 2 is 1.81 bits per heavy atom. The molecular formula is C20H27FN4O2. The van der Waals surface area contributed by atoms with Crippen LogP contribution in [0, 0.1) is 5.82 Å². The van der Waals surface area contributed by atoms with E-state index in [1.165, 1.54) is 29.2 Å². The second-order valence-corrected chi connectivity index (χ2v) is 7.87. The summed E-state index contributed by atoms with van der Waals surface area (Å²) in [6, 6.07) is 6.94. The Balaban J connectivity index is 2.12. The first-order valence-corrected chi connectivity index (χ1v) is 8.90. The van der Waals surface area contributed by atoms with Gasteiger partial charge in [-0.15, -0.1) is 0 Å². The van der Waals surface area contributed by atoms with E-state index in [4.69, 9.17) is 0 Å². The highest BCUT2D eigenvalue weighted by molar-refractivity contribution is 5.99. The predicted molar refractivity (Wildman–Crippen MR) is 103 cm³/mol. The molecule has 27 heavy (non-hydrogen) atoms. The van der Waals surface area contributed by atoms with Crippen LogP contribution in [0.15, 0.2) is 30.3 Å². The number of benzene rings is 1. The molecule has 0 aliphatic heterocycles. The lowest BCUT2D eigenvalue weighted by Gasteiger charge is -2.26. The number of rotatable bonds is 5. The minimum Gasteiger partial charge on any atom is -0.327 e. The predicted octanol–water partition coefficient (Wildman–Crippen LogP) is 3.35. The van der Waals surface area contributed by atoms with Crippen molar-refractivity contribution < 1.29 is 14.0 Å². The lowest BCUT2D eigenvalue weighted by molar-refractivity contribution is -0.117. The maximum Gasteiger partial charge on any atom is 0.254 e. The number of anilines is 1. The highest BCUT2D eigenvalue weighted by atomic mass is 19.1. The molecule has 146 valence electrons. The molecule has 0 aliphatic rings. The van der Waals surface area contributed by atoms with Gasteiger partial charge in [-0.3, -0.25) is 14.3 Å². The normalized spacial score (nSPS) is 11.6. The first kappa shape index (κ1) is 20.6. The van der Waals surface area contributed by atoms with Crippen LogP contribution in [0.2, 0.25) is 0 Å². The first-order chi connectivity index (χ1) is 12.5. The molecule has 2 rings (SSSR count). The van der Waals surface area contributed by atoms with Gasteiger partial charge in [-0.25, -0.2) is 4.39 Å². The van der Waals surface area contributed by atoms with Crippen LogP contribution < -0.4 is 5.32 Å². The SMILES string of the molecule is CC(C)N(CC(=O)Nc1cc(C(C)(C)C)nn1C)C(=O)c1ccc(F)cc1. The van der Waals surface area contributed by atoms with Crippen LogP contribution in [0.1, 0.15) is 50.7 Å². The zero-order valence-electron chi connectivity index (χ0n) is 16.7. The summed E-state index contributed by atoms with van der Waals surface area (Å²) in [7, 11) is 1.76. The second-order valence-electron chi connectivity index (χ2n) is 7.87. The van der Waals surface area contributed by atoms with E-state index in [1.807, 2.05) is 40.7 Å². The van der Waals surface area contributed by atoms with Gasteiger partial charge in [0.05, 0.1) is 5.69 Å². The Morgan fingerprint density at radius 3 is 2.30 bits per heavy atom. The maximum absolute atomic E-state index is 13.1. The first-order valence-electron chi connectivity index (χ1n) is 8.90. The lowest BCUT2D eigenvalue weighted by Crippen LogP contribution is -2.42. The van der Waals surface area contributed by atoms with E-state index in [9.17, 15) is 14.0 Å². The minimum absolute atomic E-state index is 0.107. The summed E-state index contributed by atoms with van der Waals surface area (Å²) >= 11 is 0. The largest absolute Gasteiger partial charge is 0.327 e. The van der Waals surface area contributed by atoms with Gasteiger partial charge in [0.1, 0.15) is 18.2 Å². The number of hydrogen-bond donors (Lipinski definition) is 1. The second kappa shape index (κ2) is 7.90. The number of aromatic nitrogens is 2. The molecule has 2 aromatic rings. The molecule has 1 aromatic heterocycles. The number of carbonyl (C=O) groups excluding carboxylic acids is 2. The average molecular weight is 374 g/mol. The molecule has 1 heterocycles. The zero-order valence-corrected chi connectivity index (χ0v) is 16.7. The summed E-state index contributed by atoms with van der Waals surface area (Å²) in [5, 5.41) is 7.24. The Labute approximate surface area is 159 Å². The van der Waals surface area contributed by atoms with Crippen molar-refractivity contribution in [1.29, 1.82) is 0 Å². The van der Waals surface area contributed by atoms with Crippen molar-refractivity contribution in [2.45, 2.75) is 46.1 Å². The summed E-state index contributed by atoms with van der Waals surface area (Å²) in [6.45, 7) is 9.69.